The maximum absolute atomic E-state index is 12.4. The molecule has 0 amide bonds. The lowest BCUT2D eigenvalue weighted by atomic mass is 10.2. The van der Waals surface area contributed by atoms with Crippen molar-refractivity contribution in [1.29, 1.82) is 0 Å². The highest BCUT2D eigenvalue weighted by molar-refractivity contribution is 9.10. The van der Waals surface area contributed by atoms with Crippen molar-refractivity contribution in [3.8, 4) is 0 Å². The van der Waals surface area contributed by atoms with E-state index in [-0.39, 0.29) is 4.90 Å². The first-order valence-corrected chi connectivity index (χ1v) is 10.0. The van der Waals surface area contributed by atoms with Crippen LogP contribution in [-0.2, 0) is 10.0 Å². The summed E-state index contributed by atoms with van der Waals surface area (Å²) in [7, 11) is -1.44. The molecule has 1 heterocycles. The second-order valence-corrected chi connectivity index (χ2v) is 8.49. The zero-order valence-electron chi connectivity index (χ0n) is 13.4. The molecule has 7 heteroatoms. The van der Waals surface area contributed by atoms with Crippen molar-refractivity contribution >= 4 is 37.3 Å². The van der Waals surface area contributed by atoms with Crippen molar-refractivity contribution in [2.24, 2.45) is 0 Å². The van der Waals surface area contributed by atoms with Gasteiger partial charge in [0.2, 0.25) is 0 Å². The summed E-state index contributed by atoms with van der Waals surface area (Å²) in [4.78, 5) is 4.86. The third-order valence-corrected chi connectivity index (χ3v) is 6.04. The highest BCUT2D eigenvalue weighted by Gasteiger charge is 2.16. The molecular weight excluding hydrogens is 390 g/mol. The monoisotopic (exact) mass is 409 g/mol. The Bertz CT molecular complexity index is 784. The van der Waals surface area contributed by atoms with Gasteiger partial charge in [-0.1, -0.05) is 15.9 Å². The first-order chi connectivity index (χ1) is 11.4. The quantitative estimate of drug-likeness (QED) is 0.842. The molecule has 5 nitrogen and oxygen atoms in total. The summed E-state index contributed by atoms with van der Waals surface area (Å²) >= 11 is 3.31. The topological polar surface area (TPSA) is 52.6 Å². The number of piperazine rings is 1. The molecule has 1 aliphatic heterocycles. The van der Waals surface area contributed by atoms with Gasteiger partial charge < -0.3 is 9.80 Å². The fourth-order valence-corrected chi connectivity index (χ4v) is 3.96. The number of likely N-dealkylation sites (N-methyl/N-ethyl adjacent to an activating group) is 1. The van der Waals surface area contributed by atoms with Crippen LogP contribution in [0.5, 0.6) is 0 Å². The van der Waals surface area contributed by atoms with Gasteiger partial charge in [-0.15, -0.1) is 0 Å². The highest BCUT2D eigenvalue weighted by Crippen LogP contribution is 2.22. The second kappa shape index (κ2) is 7.13. The Kier molecular flexibility index (Phi) is 5.12. The van der Waals surface area contributed by atoms with Crippen LogP contribution in [0.4, 0.5) is 11.4 Å². The Balaban J connectivity index is 1.70. The zero-order valence-corrected chi connectivity index (χ0v) is 15.8. The number of nitrogens with zero attached hydrogens (tertiary/aromatic N) is 2. The van der Waals surface area contributed by atoms with E-state index in [9.17, 15) is 8.42 Å². The molecule has 0 atom stereocenters. The Labute approximate surface area is 151 Å². The van der Waals surface area contributed by atoms with Crippen LogP contribution in [0.1, 0.15) is 0 Å². The SMILES string of the molecule is CN1CCN(c2ccc(NS(=O)(=O)c3ccc(Br)cc3)cc2)CC1. The van der Waals surface area contributed by atoms with Crippen LogP contribution in [0, 0.1) is 0 Å². The lowest BCUT2D eigenvalue weighted by Gasteiger charge is -2.34. The molecule has 0 saturated carbocycles. The van der Waals surface area contributed by atoms with E-state index in [0.717, 1.165) is 36.3 Å². The highest BCUT2D eigenvalue weighted by atomic mass is 79.9. The van der Waals surface area contributed by atoms with E-state index in [2.05, 4.69) is 37.5 Å². The molecule has 0 aromatic heterocycles. The van der Waals surface area contributed by atoms with Gasteiger partial charge in [0.05, 0.1) is 4.90 Å². The van der Waals surface area contributed by atoms with Crippen molar-refractivity contribution in [1.82, 2.24) is 4.90 Å². The van der Waals surface area contributed by atoms with E-state index in [4.69, 9.17) is 0 Å². The average Bonchev–Trinajstić information content (AvgIpc) is 2.56. The maximum atomic E-state index is 12.4. The largest absolute Gasteiger partial charge is 0.369 e. The van der Waals surface area contributed by atoms with Crippen molar-refractivity contribution < 1.29 is 8.42 Å². The Morgan fingerprint density at radius 1 is 0.917 bits per heavy atom. The number of nitrogens with one attached hydrogen (secondary N) is 1. The molecule has 3 rings (SSSR count). The lowest BCUT2D eigenvalue weighted by Crippen LogP contribution is -2.44. The molecule has 2 aromatic rings. The molecule has 128 valence electrons. The average molecular weight is 410 g/mol. The minimum Gasteiger partial charge on any atom is -0.369 e. The van der Waals surface area contributed by atoms with Crippen LogP contribution >= 0.6 is 15.9 Å². The van der Waals surface area contributed by atoms with Crippen LogP contribution in [0.15, 0.2) is 57.9 Å². The number of hydrogen-bond acceptors (Lipinski definition) is 4. The molecule has 0 spiro atoms. The molecule has 24 heavy (non-hydrogen) atoms. The first-order valence-electron chi connectivity index (χ1n) is 7.76. The third-order valence-electron chi connectivity index (χ3n) is 4.11. The Hall–Kier alpha value is -1.57. The predicted octanol–water partition coefficient (Wildman–Crippen LogP) is 3.00. The molecule has 0 bridgehead atoms. The molecular formula is C17H20BrN3O2S. The van der Waals surface area contributed by atoms with E-state index in [1.807, 2.05) is 24.3 Å². The maximum Gasteiger partial charge on any atom is 0.261 e. The summed E-state index contributed by atoms with van der Waals surface area (Å²) in [5.41, 5.74) is 1.69. The molecule has 0 radical (unpaired) electrons. The van der Waals surface area contributed by atoms with Crippen molar-refractivity contribution in [2.75, 3.05) is 42.8 Å². The number of hydrogen-bond donors (Lipinski definition) is 1. The number of rotatable bonds is 4. The molecule has 1 saturated heterocycles. The van der Waals surface area contributed by atoms with Crippen molar-refractivity contribution in [2.45, 2.75) is 4.90 Å². The van der Waals surface area contributed by atoms with Gasteiger partial charge in [0.1, 0.15) is 0 Å². The van der Waals surface area contributed by atoms with Gasteiger partial charge in [0.15, 0.2) is 0 Å². The minimum atomic E-state index is -3.57. The number of halogens is 1. The zero-order chi connectivity index (χ0) is 17.2. The standard InChI is InChI=1S/C17H20BrN3O2S/c1-20-10-12-21(13-11-20)16-6-4-15(5-7-16)19-24(22,23)17-8-2-14(18)3-9-17/h2-9,19H,10-13H2,1H3. The van der Waals surface area contributed by atoms with Crippen LogP contribution in [0.3, 0.4) is 0 Å². The van der Waals surface area contributed by atoms with E-state index >= 15 is 0 Å². The summed E-state index contributed by atoms with van der Waals surface area (Å²) in [5, 5.41) is 0. The van der Waals surface area contributed by atoms with Gasteiger partial charge in [0.25, 0.3) is 10.0 Å². The van der Waals surface area contributed by atoms with Crippen LogP contribution in [-0.4, -0.2) is 46.5 Å². The van der Waals surface area contributed by atoms with E-state index < -0.39 is 10.0 Å². The summed E-state index contributed by atoms with van der Waals surface area (Å²) in [6.07, 6.45) is 0. The minimum absolute atomic E-state index is 0.244. The lowest BCUT2D eigenvalue weighted by molar-refractivity contribution is 0.313. The van der Waals surface area contributed by atoms with Gasteiger partial charge in [0, 0.05) is 42.0 Å². The summed E-state index contributed by atoms with van der Waals surface area (Å²) in [6, 6.07) is 14.1. The summed E-state index contributed by atoms with van der Waals surface area (Å²) in [6.45, 7) is 4.05. The van der Waals surface area contributed by atoms with Crippen molar-refractivity contribution in [3.05, 3.63) is 53.0 Å². The second-order valence-electron chi connectivity index (χ2n) is 5.90. The van der Waals surface area contributed by atoms with Crippen LogP contribution in [0.25, 0.3) is 0 Å². The van der Waals surface area contributed by atoms with E-state index in [0.29, 0.717) is 5.69 Å². The fraction of sp³-hybridized carbons (Fsp3) is 0.294. The van der Waals surface area contributed by atoms with Crippen LogP contribution in [0.2, 0.25) is 0 Å². The normalized spacial score (nSPS) is 16.2. The molecule has 2 aromatic carbocycles. The Morgan fingerprint density at radius 3 is 2.08 bits per heavy atom. The fourth-order valence-electron chi connectivity index (χ4n) is 2.63. The molecule has 0 unspecified atom stereocenters. The smallest absolute Gasteiger partial charge is 0.261 e. The van der Waals surface area contributed by atoms with E-state index in [1.54, 1.807) is 24.3 Å². The third kappa shape index (κ3) is 4.09. The number of anilines is 2. The first kappa shape index (κ1) is 17.3. The van der Waals surface area contributed by atoms with E-state index in [1.165, 1.54) is 0 Å². The summed E-state index contributed by atoms with van der Waals surface area (Å²) in [5.74, 6) is 0. The van der Waals surface area contributed by atoms with Gasteiger partial charge in [-0.2, -0.15) is 0 Å². The summed E-state index contributed by atoms with van der Waals surface area (Å²) < 4.78 is 28.3. The van der Waals surface area contributed by atoms with Gasteiger partial charge in [-0.05, 0) is 55.6 Å². The molecule has 1 N–H and O–H groups in total. The Morgan fingerprint density at radius 2 is 1.50 bits per heavy atom. The van der Waals surface area contributed by atoms with Gasteiger partial charge >= 0.3 is 0 Å². The van der Waals surface area contributed by atoms with Crippen LogP contribution < -0.4 is 9.62 Å². The molecule has 1 fully saturated rings. The van der Waals surface area contributed by atoms with Gasteiger partial charge in [-0.25, -0.2) is 8.42 Å². The van der Waals surface area contributed by atoms with Gasteiger partial charge in [-0.3, -0.25) is 4.72 Å². The van der Waals surface area contributed by atoms with Crippen molar-refractivity contribution in [3.63, 3.8) is 0 Å². The number of benzene rings is 2. The molecule has 0 aliphatic carbocycles. The molecule has 1 aliphatic rings. The predicted molar refractivity (Wildman–Crippen MR) is 101 cm³/mol. The number of sulfonamides is 1.